The molecule has 0 amide bonds. The fraction of sp³-hybridized carbons (Fsp3) is 0.611. The monoisotopic (exact) mass is 457 g/mol. The second-order valence-corrected chi connectivity index (χ2v) is 7.62. The molecular weight excluding hydrogens is 432 g/mol. The zero-order valence-corrected chi connectivity index (χ0v) is 18.2. The lowest BCUT2D eigenvalue weighted by Gasteiger charge is -2.29. The molecule has 1 unspecified atom stereocenters. The molecule has 154 valence electrons. The molecule has 27 heavy (non-hydrogen) atoms. The number of aliphatic carboxylic acids is 1. The van der Waals surface area contributed by atoms with E-state index in [1.807, 2.05) is 18.2 Å². The Balaban J connectivity index is 3.24. The number of nitrogens with zero attached hydrogens (tertiary/aromatic N) is 2. The molecule has 1 aromatic rings. The molecular formula is C18H27Cl4N3O2. The van der Waals surface area contributed by atoms with Crippen molar-refractivity contribution in [2.24, 2.45) is 5.73 Å². The van der Waals surface area contributed by atoms with Gasteiger partial charge in [0.05, 0.1) is 6.42 Å². The molecule has 0 bridgehead atoms. The number of hydrogen-bond donors (Lipinski definition) is 2. The lowest BCUT2D eigenvalue weighted by atomic mass is 10.0. The SMILES string of the molecule is NC(CC(=O)O)Cc1cc(N(CCCl)CCCl)ccc1N(CCCl)CCCl. The number of benzene rings is 1. The van der Waals surface area contributed by atoms with Gasteiger partial charge >= 0.3 is 5.97 Å². The van der Waals surface area contributed by atoms with Gasteiger partial charge in [-0.2, -0.15) is 0 Å². The normalized spacial score (nSPS) is 12.0. The van der Waals surface area contributed by atoms with E-state index in [-0.39, 0.29) is 6.42 Å². The molecule has 1 atom stereocenters. The Hall–Kier alpha value is -0.590. The summed E-state index contributed by atoms with van der Waals surface area (Å²) in [4.78, 5) is 15.2. The number of halogens is 4. The van der Waals surface area contributed by atoms with Crippen LogP contribution in [0.25, 0.3) is 0 Å². The summed E-state index contributed by atoms with van der Waals surface area (Å²) in [6.07, 6.45) is 0.341. The Kier molecular flexibility index (Phi) is 12.3. The molecule has 0 heterocycles. The number of carboxylic acids is 1. The van der Waals surface area contributed by atoms with Gasteiger partial charge in [-0.15, -0.1) is 46.4 Å². The van der Waals surface area contributed by atoms with Crippen LogP contribution in [0, 0.1) is 0 Å². The fourth-order valence-corrected chi connectivity index (χ4v) is 3.77. The van der Waals surface area contributed by atoms with Gasteiger partial charge in [-0.25, -0.2) is 0 Å². The Bertz CT molecular complexity index is 566. The molecule has 0 aliphatic rings. The minimum Gasteiger partial charge on any atom is -0.481 e. The lowest BCUT2D eigenvalue weighted by molar-refractivity contribution is -0.137. The van der Waals surface area contributed by atoms with E-state index < -0.39 is 12.0 Å². The van der Waals surface area contributed by atoms with Crippen molar-refractivity contribution in [3.8, 4) is 0 Å². The van der Waals surface area contributed by atoms with Gasteiger partial charge < -0.3 is 20.6 Å². The van der Waals surface area contributed by atoms with Crippen LogP contribution < -0.4 is 15.5 Å². The van der Waals surface area contributed by atoms with Crippen LogP contribution in [0.15, 0.2) is 18.2 Å². The summed E-state index contributed by atoms with van der Waals surface area (Å²) in [6.45, 7) is 2.62. The summed E-state index contributed by atoms with van der Waals surface area (Å²) in [6, 6.07) is 5.56. The minimum atomic E-state index is -0.913. The number of anilines is 2. The van der Waals surface area contributed by atoms with Gasteiger partial charge in [0.25, 0.3) is 0 Å². The third kappa shape index (κ3) is 8.53. The summed E-state index contributed by atoms with van der Waals surface area (Å²) >= 11 is 23.7. The first-order chi connectivity index (χ1) is 13.0. The van der Waals surface area contributed by atoms with Crippen LogP contribution in [-0.2, 0) is 11.2 Å². The lowest BCUT2D eigenvalue weighted by Crippen LogP contribution is -2.32. The van der Waals surface area contributed by atoms with Gasteiger partial charge in [0.15, 0.2) is 0 Å². The Labute approximate surface area is 181 Å². The molecule has 0 aromatic heterocycles. The molecule has 0 aliphatic carbocycles. The van der Waals surface area contributed by atoms with Crippen LogP contribution in [0.3, 0.4) is 0 Å². The molecule has 1 aromatic carbocycles. The third-order valence-electron chi connectivity index (χ3n) is 4.11. The maximum Gasteiger partial charge on any atom is 0.304 e. The van der Waals surface area contributed by atoms with Crippen LogP contribution in [0.2, 0.25) is 0 Å². The van der Waals surface area contributed by atoms with Crippen LogP contribution in [0.5, 0.6) is 0 Å². The number of nitrogens with two attached hydrogens (primary N) is 1. The first-order valence-corrected chi connectivity index (χ1v) is 10.9. The Morgan fingerprint density at radius 3 is 1.96 bits per heavy atom. The van der Waals surface area contributed by atoms with Crippen molar-refractivity contribution < 1.29 is 9.90 Å². The van der Waals surface area contributed by atoms with Crippen LogP contribution in [0.4, 0.5) is 11.4 Å². The molecule has 0 fully saturated rings. The van der Waals surface area contributed by atoms with Crippen molar-refractivity contribution >= 4 is 63.7 Å². The number of carboxylic acid groups (broad SMARTS) is 1. The summed E-state index contributed by atoms with van der Waals surface area (Å²) < 4.78 is 0. The zero-order valence-electron chi connectivity index (χ0n) is 15.2. The van der Waals surface area contributed by atoms with Gasteiger partial charge in [0.2, 0.25) is 0 Å². The van der Waals surface area contributed by atoms with Crippen LogP contribution in [-0.4, -0.2) is 66.8 Å². The molecule has 0 spiro atoms. The summed E-state index contributed by atoms with van der Waals surface area (Å²) in [5.74, 6) is 0.978. The van der Waals surface area contributed by atoms with E-state index in [1.165, 1.54) is 0 Å². The highest BCUT2D eigenvalue weighted by Crippen LogP contribution is 2.28. The largest absolute Gasteiger partial charge is 0.481 e. The topological polar surface area (TPSA) is 69.8 Å². The van der Waals surface area contributed by atoms with Crippen molar-refractivity contribution in [1.29, 1.82) is 0 Å². The first-order valence-electron chi connectivity index (χ1n) is 8.80. The molecule has 5 nitrogen and oxygen atoms in total. The highest BCUT2D eigenvalue weighted by molar-refractivity contribution is 6.19. The number of rotatable bonds is 14. The number of carbonyl (C=O) groups is 1. The van der Waals surface area contributed by atoms with Crippen molar-refractivity contribution in [2.75, 3.05) is 59.5 Å². The van der Waals surface area contributed by atoms with Crippen molar-refractivity contribution in [3.63, 3.8) is 0 Å². The highest BCUT2D eigenvalue weighted by atomic mass is 35.5. The third-order valence-corrected chi connectivity index (χ3v) is 4.78. The second-order valence-electron chi connectivity index (χ2n) is 6.11. The summed E-state index contributed by atoms with van der Waals surface area (Å²) in [7, 11) is 0. The number of alkyl halides is 4. The minimum absolute atomic E-state index is 0.0955. The van der Waals surface area contributed by atoms with Crippen molar-refractivity contribution in [1.82, 2.24) is 0 Å². The first kappa shape index (κ1) is 24.4. The molecule has 9 heteroatoms. The maximum absolute atomic E-state index is 11.0. The van der Waals surface area contributed by atoms with E-state index in [9.17, 15) is 4.79 Å². The van der Waals surface area contributed by atoms with Crippen molar-refractivity contribution in [2.45, 2.75) is 18.9 Å². The van der Waals surface area contributed by atoms with E-state index in [1.54, 1.807) is 0 Å². The molecule has 0 saturated heterocycles. The average Bonchev–Trinajstić information content (AvgIpc) is 2.60. The molecule has 0 radical (unpaired) electrons. The highest BCUT2D eigenvalue weighted by Gasteiger charge is 2.17. The Morgan fingerprint density at radius 2 is 1.48 bits per heavy atom. The molecule has 0 saturated carbocycles. The van der Waals surface area contributed by atoms with Gasteiger partial charge in [0.1, 0.15) is 0 Å². The second kappa shape index (κ2) is 13.6. The smallest absolute Gasteiger partial charge is 0.304 e. The van der Waals surface area contributed by atoms with E-state index in [0.29, 0.717) is 56.1 Å². The standard InChI is InChI=1S/C18H27Cl4N3O2/c19-3-7-24(8-4-20)16-1-2-17(25(9-5-21)10-6-22)14(12-16)11-15(23)13-18(26)27/h1-2,12,15H,3-11,13,23H2,(H,26,27). The maximum atomic E-state index is 11.0. The van der Waals surface area contributed by atoms with E-state index in [0.717, 1.165) is 16.9 Å². The molecule has 1 rings (SSSR count). The van der Waals surface area contributed by atoms with Crippen molar-refractivity contribution in [3.05, 3.63) is 23.8 Å². The Morgan fingerprint density at radius 1 is 0.963 bits per heavy atom. The molecule has 3 N–H and O–H groups in total. The van der Waals surface area contributed by atoms with Gasteiger partial charge in [-0.3, -0.25) is 4.79 Å². The van der Waals surface area contributed by atoms with Gasteiger partial charge in [-0.05, 0) is 30.2 Å². The number of hydrogen-bond acceptors (Lipinski definition) is 4. The van der Waals surface area contributed by atoms with E-state index >= 15 is 0 Å². The zero-order chi connectivity index (χ0) is 20.2. The average molecular weight is 459 g/mol. The van der Waals surface area contributed by atoms with Gasteiger partial charge in [0, 0.05) is 67.1 Å². The quantitative estimate of drug-likeness (QED) is 0.417. The fourth-order valence-electron chi connectivity index (χ4n) is 2.95. The van der Waals surface area contributed by atoms with Crippen LogP contribution >= 0.6 is 46.4 Å². The predicted octanol–water partition coefficient (Wildman–Crippen LogP) is 3.60. The predicted molar refractivity (Wildman–Crippen MR) is 118 cm³/mol. The summed E-state index contributed by atoms with van der Waals surface area (Å²) in [5.41, 5.74) is 8.97. The summed E-state index contributed by atoms with van der Waals surface area (Å²) in [5, 5.41) is 9.03. The molecule has 0 aliphatic heterocycles. The van der Waals surface area contributed by atoms with E-state index in [2.05, 4.69) is 9.80 Å². The van der Waals surface area contributed by atoms with Crippen LogP contribution in [0.1, 0.15) is 12.0 Å². The van der Waals surface area contributed by atoms with E-state index in [4.69, 9.17) is 57.2 Å². The van der Waals surface area contributed by atoms with Gasteiger partial charge in [-0.1, -0.05) is 0 Å².